The highest BCUT2D eigenvalue weighted by atomic mass is 32.2. The van der Waals surface area contributed by atoms with Crippen molar-refractivity contribution in [3.63, 3.8) is 0 Å². The van der Waals surface area contributed by atoms with E-state index in [2.05, 4.69) is 0 Å². The van der Waals surface area contributed by atoms with Gasteiger partial charge in [0.15, 0.2) is 0 Å². The Labute approximate surface area is 42.5 Å². The highest BCUT2D eigenvalue weighted by Gasteiger charge is 1.81. The smallest absolute Gasteiger partial charge is 0.261 e. The molecule has 0 aromatic rings. The summed E-state index contributed by atoms with van der Waals surface area (Å²) >= 11 is 0. The van der Waals surface area contributed by atoms with E-state index in [4.69, 9.17) is 9.66 Å². The lowest BCUT2D eigenvalue weighted by atomic mass is 11.8. The number of rotatable bonds is 0. The van der Waals surface area contributed by atoms with Crippen LogP contribution in [0.15, 0.2) is 0 Å². The van der Waals surface area contributed by atoms with Gasteiger partial charge in [-0.15, -0.1) is 0 Å². The van der Waals surface area contributed by atoms with Gasteiger partial charge in [0.05, 0.1) is 6.26 Å². The van der Waals surface area contributed by atoms with E-state index in [-0.39, 0.29) is 0 Å². The van der Waals surface area contributed by atoms with Crippen LogP contribution in [-0.4, -0.2) is 31.4 Å². The van der Waals surface area contributed by atoms with Crippen molar-refractivity contribution in [2.24, 2.45) is 0 Å². The third kappa shape index (κ3) is 5200. The highest BCUT2D eigenvalue weighted by molar-refractivity contribution is 7.85. The van der Waals surface area contributed by atoms with E-state index in [9.17, 15) is 8.42 Å². The molecule has 0 aliphatic carbocycles. The zero-order valence-electron chi connectivity index (χ0n) is 4.12. The van der Waals surface area contributed by atoms with Crippen molar-refractivity contribution in [2.75, 3.05) is 13.4 Å². The van der Waals surface area contributed by atoms with Gasteiger partial charge < -0.3 is 5.11 Å². The Morgan fingerprint density at radius 2 is 1.29 bits per heavy atom. The summed E-state index contributed by atoms with van der Waals surface area (Å²) in [6, 6.07) is 0. The molecule has 0 radical (unpaired) electrons. The zero-order chi connectivity index (χ0) is 6.50. The summed E-state index contributed by atoms with van der Waals surface area (Å²) in [6.07, 6.45) is 0.715. The predicted octanol–water partition coefficient (Wildman–Crippen LogP) is -0.887. The fourth-order valence-electron chi connectivity index (χ4n) is 0. The van der Waals surface area contributed by atoms with Crippen LogP contribution in [0.3, 0.4) is 0 Å². The van der Waals surface area contributed by atoms with Crippen molar-refractivity contribution >= 4 is 10.1 Å². The maximum Gasteiger partial charge on any atom is 0.261 e. The monoisotopic (exact) mass is 128 g/mol. The fourth-order valence-corrected chi connectivity index (χ4v) is 0. The van der Waals surface area contributed by atoms with E-state index in [1.807, 2.05) is 0 Å². The van der Waals surface area contributed by atoms with Crippen molar-refractivity contribution in [1.82, 2.24) is 0 Å². The van der Waals surface area contributed by atoms with Crippen LogP contribution >= 0.6 is 0 Å². The van der Waals surface area contributed by atoms with Crippen molar-refractivity contribution in [3.8, 4) is 0 Å². The molecule has 5 heteroatoms. The normalized spacial score (nSPS) is 9.14. The molecule has 2 N–H and O–H groups in total. The first-order chi connectivity index (χ1) is 3.00. The van der Waals surface area contributed by atoms with Crippen molar-refractivity contribution in [2.45, 2.75) is 0 Å². The van der Waals surface area contributed by atoms with Gasteiger partial charge in [-0.05, 0) is 0 Å². The summed E-state index contributed by atoms with van der Waals surface area (Å²) in [7, 11) is -2.67. The lowest BCUT2D eigenvalue weighted by Crippen LogP contribution is -1.88. The fraction of sp³-hybridized carbons (Fsp3) is 1.00. The predicted molar refractivity (Wildman–Crippen MR) is 25.6 cm³/mol. The van der Waals surface area contributed by atoms with E-state index in [1.165, 1.54) is 0 Å². The summed E-state index contributed by atoms with van der Waals surface area (Å²) in [5.74, 6) is 0. The van der Waals surface area contributed by atoms with E-state index < -0.39 is 10.1 Å². The topological polar surface area (TPSA) is 74.6 Å². The Kier molecular flexibility index (Phi) is 5.76. The number of hydrogen-bond acceptors (Lipinski definition) is 3. The Hall–Kier alpha value is -0.130. The average molecular weight is 128 g/mol. The van der Waals surface area contributed by atoms with E-state index >= 15 is 0 Å². The van der Waals surface area contributed by atoms with Crippen LogP contribution in [0.1, 0.15) is 0 Å². The molecule has 0 fully saturated rings. The molecule has 0 aromatic heterocycles. The van der Waals surface area contributed by atoms with Gasteiger partial charge in [0, 0.05) is 7.11 Å². The third-order valence-corrected chi connectivity index (χ3v) is 0. The van der Waals surface area contributed by atoms with Gasteiger partial charge in [-0.25, -0.2) is 0 Å². The minimum absolute atomic E-state index is 0.715. The molecule has 0 rings (SSSR count). The summed E-state index contributed by atoms with van der Waals surface area (Å²) < 4.78 is 25.9. The molecule has 0 saturated carbocycles. The molecule has 46 valence electrons. The molecule has 4 nitrogen and oxygen atoms in total. The molecule has 0 bridgehead atoms. The van der Waals surface area contributed by atoms with Gasteiger partial charge in [-0.2, -0.15) is 8.42 Å². The second kappa shape index (κ2) is 4.04. The second-order valence-corrected chi connectivity index (χ2v) is 2.20. The maximum absolute atomic E-state index is 9.19. The van der Waals surface area contributed by atoms with Crippen molar-refractivity contribution in [1.29, 1.82) is 0 Å². The lowest BCUT2D eigenvalue weighted by Gasteiger charge is -1.69. The molecule has 0 spiro atoms. The summed E-state index contributed by atoms with van der Waals surface area (Å²) in [5.41, 5.74) is 0. The first-order valence-electron chi connectivity index (χ1n) is 1.37. The molecule has 0 heterocycles. The summed E-state index contributed by atoms with van der Waals surface area (Å²) in [4.78, 5) is 0. The average Bonchev–Trinajstić information content (AvgIpc) is 1.36. The summed E-state index contributed by atoms with van der Waals surface area (Å²) in [5, 5.41) is 7.00. The van der Waals surface area contributed by atoms with Gasteiger partial charge in [0.1, 0.15) is 0 Å². The second-order valence-electron chi connectivity index (χ2n) is 0.733. The Morgan fingerprint density at radius 1 is 1.29 bits per heavy atom. The molecule has 0 aromatic carbocycles. The van der Waals surface area contributed by atoms with Gasteiger partial charge >= 0.3 is 0 Å². The van der Waals surface area contributed by atoms with Gasteiger partial charge in [0.25, 0.3) is 10.1 Å². The van der Waals surface area contributed by atoms with E-state index in [1.54, 1.807) is 0 Å². The quantitative estimate of drug-likeness (QED) is 0.415. The lowest BCUT2D eigenvalue weighted by molar-refractivity contribution is 0.399. The molecular weight excluding hydrogens is 120 g/mol. The van der Waals surface area contributed by atoms with Crippen molar-refractivity contribution < 1.29 is 18.1 Å². The number of aliphatic hydroxyl groups excluding tert-OH is 1. The number of aliphatic hydroxyl groups is 1. The molecule has 0 atom stereocenters. The van der Waals surface area contributed by atoms with Gasteiger partial charge in [-0.1, -0.05) is 0 Å². The Morgan fingerprint density at radius 3 is 1.29 bits per heavy atom. The molecule has 0 aliphatic heterocycles. The van der Waals surface area contributed by atoms with E-state index in [0.29, 0.717) is 6.26 Å². The van der Waals surface area contributed by atoms with Crippen LogP contribution in [0, 0.1) is 0 Å². The van der Waals surface area contributed by atoms with Crippen LogP contribution < -0.4 is 0 Å². The van der Waals surface area contributed by atoms with Gasteiger partial charge in [0.2, 0.25) is 0 Å². The van der Waals surface area contributed by atoms with Crippen LogP contribution in [0.2, 0.25) is 0 Å². The van der Waals surface area contributed by atoms with Crippen LogP contribution in [0.4, 0.5) is 0 Å². The standard InChI is InChI=1S/CH4O3S.CH4O/c1-5(2,3)4;1-2/h1H3,(H,2,3,4);2H,1H3. The summed E-state index contributed by atoms with van der Waals surface area (Å²) in [6.45, 7) is 0. The Balaban J connectivity index is 0. The first kappa shape index (κ1) is 9.98. The molecule has 0 saturated heterocycles. The number of hydrogen-bond donors (Lipinski definition) is 2. The third-order valence-electron chi connectivity index (χ3n) is 0. The minimum Gasteiger partial charge on any atom is -0.400 e. The zero-order valence-corrected chi connectivity index (χ0v) is 4.94. The molecule has 0 aliphatic rings. The molecule has 0 amide bonds. The maximum atomic E-state index is 9.19. The van der Waals surface area contributed by atoms with Gasteiger partial charge in [-0.3, -0.25) is 4.55 Å². The van der Waals surface area contributed by atoms with Crippen LogP contribution in [0.5, 0.6) is 0 Å². The van der Waals surface area contributed by atoms with Crippen molar-refractivity contribution in [3.05, 3.63) is 0 Å². The molecule has 7 heavy (non-hydrogen) atoms. The molecular formula is C2H8O4S. The SMILES string of the molecule is CO.CS(=O)(=O)O. The highest BCUT2D eigenvalue weighted by Crippen LogP contribution is 1.60. The molecule has 0 unspecified atom stereocenters. The van der Waals surface area contributed by atoms with E-state index in [0.717, 1.165) is 7.11 Å². The first-order valence-corrected chi connectivity index (χ1v) is 3.22. The largest absolute Gasteiger partial charge is 0.400 e. The Bertz CT molecular complexity index is 92.9. The van der Waals surface area contributed by atoms with Crippen LogP contribution in [0.25, 0.3) is 0 Å². The minimum atomic E-state index is -3.67. The van der Waals surface area contributed by atoms with Crippen LogP contribution in [-0.2, 0) is 10.1 Å².